The second-order valence-electron chi connectivity index (χ2n) is 10.0. The molecule has 0 saturated carbocycles. The van der Waals surface area contributed by atoms with E-state index in [4.69, 9.17) is 0 Å². The third-order valence-corrected chi connectivity index (χ3v) is 7.35. The van der Waals surface area contributed by atoms with Crippen LogP contribution in [0.3, 0.4) is 0 Å². The lowest BCUT2D eigenvalue weighted by Gasteiger charge is -2.28. The first-order chi connectivity index (χ1) is 17.2. The Hall–Kier alpha value is -4.13. The van der Waals surface area contributed by atoms with Crippen LogP contribution in [-0.4, -0.2) is 36.9 Å². The highest BCUT2D eigenvalue weighted by atomic mass is 16.2. The van der Waals surface area contributed by atoms with Crippen molar-refractivity contribution in [3.8, 4) is 11.1 Å². The summed E-state index contributed by atoms with van der Waals surface area (Å²) in [6.45, 7) is 5.65. The number of rotatable bonds is 4. The van der Waals surface area contributed by atoms with Gasteiger partial charge in [-0.15, -0.1) is 0 Å². The molecule has 3 N–H and O–H groups in total. The van der Waals surface area contributed by atoms with Gasteiger partial charge in [0.2, 0.25) is 11.8 Å². The van der Waals surface area contributed by atoms with E-state index in [2.05, 4.69) is 16.0 Å². The molecule has 0 aromatic heterocycles. The van der Waals surface area contributed by atoms with Gasteiger partial charge >= 0.3 is 0 Å². The van der Waals surface area contributed by atoms with Crippen LogP contribution in [0.4, 0.5) is 11.4 Å². The van der Waals surface area contributed by atoms with Gasteiger partial charge in [-0.25, -0.2) is 0 Å². The number of anilines is 2. The largest absolute Gasteiger partial charge is 0.373 e. The number of nitrogens with one attached hydrogen (secondary N) is 3. The van der Waals surface area contributed by atoms with E-state index in [1.807, 2.05) is 86.6 Å². The minimum absolute atomic E-state index is 0.242. The molecule has 1 unspecified atom stereocenters. The molecule has 0 radical (unpaired) electrons. The molecule has 2 aliphatic rings. The van der Waals surface area contributed by atoms with Gasteiger partial charge < -0.3 is 20.9 Å². The third kappa shape index (κ3) is 3.81. The smallest absolute Gasteiger partial charge is 0.253 e. The molecule has 0 bridgehead atoms. The lowest BCUT2D eigenvalue weighted by atomic mass is 9.80. The molecule has 3 aromatic rings. The Balaban J connectivity index is 1.35. The number of benzene rings is 3. The predicted molar refractivity (Wildman–Crippen MR) is 141 cm³/mol. The predicted octanol–water partition coefficient (Wildman–Crippen LogP) is 3.76. The van der Waals surface area contributed by atoms with E-state index >= 15 is 0 Å². The molecule has 184 valence electrons. The summed E-state index contributed by atoms with van der Waals surface area (Å²) in [4.78, 5) is 41.6. The summed E-state index contributed by atoms with van der Waals surface area (Å²) in [5.74, 6) is -0.937. The van der Waals surface area contributed by atoms with Crippen molar-refractivity contribution >= 4 is 29.1 Å². The number of amides is 3. The van der Waals surface area contributed by atoms with Crippen LogP contribution in [0.15, 0.2) is 72.8 Å². The molecular weight excluding hydrogens is 452 g/mol. The number of hydrogen-bond donors (Lipinski definition) is 3. The zero-order valence-electron chi connectivity index (χ0n) is 20.8. The maximum Gasteiger partial charge on any atom is 0.253 e. The Kier molecular flexibility index (Phi) is 5.79. The minimum Gasteiger partial charge on any atom is -0.373 e. The van der Waals surface area contributed by atoms with Crippen LogP contribution < -0.4 is 20.9 Å². The van der Waals surface area contributed by atoms with Gasteiger partial charge in [-0.2, -0.15) is 0 Å². The van der Waals surface area contributed by atoms with Crippen LogP contribution in [0.2, 0.25) is 0 Å². The molecule has 0 saturated heterocycles. The Bertz CT molecular complexity index is 1370. The van der Waals surface area contributed by atoms with E-state index in [0.717, 1.165) is 33.6 Å². The second kappa shape index (κ2) is 8.82. The molecular formula is C29H30N4O3. The molecule has 2 heterocycles. The molecule has 3 aromatic carbocycles. The highest BCUT2D eigenvalue weighted by Gasteiger charge is 2.44. The first-order valence-corrected chi connectivity index (χ1v) is 12.1. The summed E-state index contributed by atoms with van der Waals surface area (Å²) in [5, 5.41) is 9.03. The van der Waals surface area contributed by atoms with E-state index in [0.29, 0.717) is 0 Å². The van der Waals surface area contributed by atoms with Gasteiger partial charge in [-0.3, -0.25) is 14.4 Å². The fourth-order valence-electron chi connectivity index (χ4n) is 5.26. The Labute approximate surface area is 210 Å². The number of fused-ring (bicyclic) bond motifs is 4. The summed E-state index contributed by atoms with van der Waals surface area (Å²) < 4.78 is 0. The van der Waals surface area contributed by atoms with Crippen LogP contribution in [0, 0.1) is 0 Å². The van der Waals surface area contributed by atoms with Gasteiger partial charge in [0.1, 0.15) is 18.1 Å². The summed E-state index contributed by atoms with van der Waals surface area (Å²) in [7, 11) is 1.71. The maximum absolute atomic E-state index is 13.5. The number of carbonyl (C=O) groups is 3. The highest BCUT2D eigenvalue weighted by molar-refractivity contribution is 6.06. The topological polar surface area (TPSA) is 90.5 Å². The molecule has 2 aliphatic heterocycles. The van der Waals surface area contributed by atoms with Crippen LogP contribution in [0.5, 0.6) is 0 Å². The summed E-state index contributed by atoms with van der Waals surface area (Å²) in [5.41, 5.74) is 4.86. The van der Waals surface area contributed by atoms with Crippen molar-refractivity contribution < 1.29 is 14.4 Å². The van der Waals surface area contributed by atoms with E-state index in [1.54, 1.807) is 18.9 Å². The highest BCUT2D eigenvalue weighted by Crippen LogP contribution is 2.41. The van der Waals surface area contributed by atoms with E-state index in [-0.39, 0.29) is 11.8 Å². The first kappa shape index (κ1) is 23.6. The van der Waals surface area contributed by atoms with Crippen molar-refractivity contribution in [3.05, 3.63) is 83.9 Å². The van der Waals surface area contributed by atoms with Gasteiger partial charge in [-0.05, 0) is 35.7 Å². The summed E-state index contributed by atoms with van der Waals surface area (Å²) in [6, 6.07) is 20.9. The van der Waals surface area contributed by atoms with Gasteiger partial charge in [0.15, 0.2) is 0 Å². The van der Waals surface area contributed by atoms with Crippen LogP contribution in [0.25, 0.3) is 11.1 Å². The monoisotopic (exact) mass is 482 g/mol. The van der Waals surface area contributed by atoms with Gasteiger partial charge in [-0.1, -0.05) is 74.5 Å². The maximum atomic E-state index is 13.5. The van der Waals surface area contributed by atoms with Crippen LogP contribution in [-0.2, 0) is 19.8 Å². The zero-order valence-corrected chi connectivity index (χ0v) is 20.8. The van der Waals surface area contributed by atoms with Crippen molar-refractivity contribution in [1.29, 1.82) is 0 Å². The summed E-state index contributed by atoms with van der Waals surface area (Å²) in [6.07, 6.45) is 0. The third-order valence-electron chi connectivity index (χ3n) is 7.35. The average molecular weight is 483 g/mol. The molecule has 0 fully saturated rings. The van der Waals surface area contributed by atoms with Gasteiger partial charge in [0.05, 0.1) is 5.69 Å². The minimum atomic E-state index is -0.879. The van der Waals surface area contributed by atoms with Crippen molar-refractivity contribution in [2.45, 2.75) is 44.3 Å². The molecule has 7 nitrogen and oxygen atoms in total. The number of nitrogens with zero attached hydrogens (tertiary/aromatic N) is 1. The fourth-order valence-corrected chi connectivity index (χ4v) is 5.26. The number of likely N-dealkylation sites (N-methyl/N-ethyl adjacent to an activating group) is 1. The molecule has 5 rings (SSSR count). The Morgan fingerprint density at radius 2 is 1.58 bits per heavy atom. The van der Waals surface area contributed by atoms with Crippen molar-refractivity contribution in [2.24, 2.45) is 0 Å². The second-order valence-corrected chi connectivity index (χ2v) is 10.0. The quantitative estimate of drug-likeness (QED) is 0.528. The lowest BCUT2D eigenvalue weighted by Crippen LogP contribution is -2.54. The molecule has 3 atom stereocenters. The summed E-state index contributed by atoms with van der Waals surface area (Å²) >= 11 is 0. The molecule has 0 spiro atoms. The van der Waals surface area contributed by atoms with E-state index in [1.165, 1.54) is 0 Å². The van der Waals surface area contributed by atoms with Gasteiger partial charge in [0, 0.05) is 23.7 Å². The van der Waals surface area contributed by atoms with E-state index < -0.39 is 29.4 Å². The van der Waals surface area contributed by atoms with E-state index in [9.17, 15) is 14.4 Å². The SMILES string of the molecule is C[C@H](NC(=O)C1Nc2ccccc2C1(C)C)C(=O)N[C@H]1C(=O)N(C)c2ccccc2-c2ccccc21. The van der Waals surface area contributed by atoms with Crippen molar-refractivity contribution in [1.82, 2.24) is 10.6 Å². The molecule has 36 heavy (non-hydrogen) atoms. The molecule has 3 amide bonds. The van der Waals surface area contributed by atoms with Crippen LogP contribution >= 0.6 is 0 Å². The molecule has 7 heteroatoms. The zero-order chi connectivity index (χ0) is 25.6. The average Bonchev–Trinajstić information content (AvgIpc) is 3.12. The number of para-hydroxylation sites is 2. The Morgan fingerprint density at radius 1 is 0.944 bits per heavy atom. The Morgan fingerprint density at radius 3 is 2.33 bits per heavy atom. The van der Waals surface area contributed by atoms with Crippen LogP contribution in [0.1, 0.15) is 37.9 Å². The lowest BCUT2D eigenvalue weighted by molar-refractivity contribution is -0.131. The number of hydrogen-bond acceptors (Lipinski definition) is 4. The van der Waals surface area contributed by atoms with Crippen molar-refractivity contribution in [3.63, 3.8) is 0 Å². The van der Waals surface area contributed by atoms with Crippen molar-refractivity contribution in [2.75, 3.05) is 17.3 Å². The first-order valence-electron chi connectivity index (χ1n) is 12.1. The normalized spacial score (nSPS) is 20.2. The fraction of sp³-hybridized carbons (Fsp3) is 0.276. The van der Waals surface area contributed by atoms with Gasteiger partial charge in [0.25, 0.3) is 5.91 Å². The number of carbonyl (C=O) groups excluding carboxylic acids is 3. The standard InChI is InChI=1S/C29H30N4O3/c1-17(30-27(35)25-29(2,3)21-14-8-9-15-22(21)31-25)26(34)32-24-20-13-6-5-11-18(20)19-12-7-10-16-23(19)33(4)28(24)36/h5-17,24-25,31H,1-4H3,(H,30,35)(H,32,34)/t17-,24+,25?/m0/s1. The molecule has 0 aliphatic carbocycles.